The molecule has 6 nitrogen and oxygen atoms in total. The number of piperazine rings is 1. The van der Waals surface area contributed by atoms with Gasteiger partial charge in [-0.15, -0.1) is 0 Å². The number of carbonyl (C=O) groups is 1. The zero-order valence-corrected chi connectivity index (χ0v) is 17.5. The summed E-state index contributed by atoms with van der Waals surface area (Å²) in [5.74, 6) is -0.278. The maximum atomic E-state index is 13.0. The second kappa shape index (κ2) is 8.26. The van der Waals surface area contributed by atoms with E-state index in [1.807, 2.05) is 19.2 Å². The van der Waals surface area contributed by atoms with E-state index in [-0.39, 0.29) is 10.8 Å². The average molecular weight is 414 g/mol. The zero-order valence-electron chi connectivity index (χ0n) is 16.7. The van der Waals surface area contributed by atoms with Crippen molar-refractivity contribution >= 4 is 21.6 Å². The number of hydrogen-bond donors (Lipinski definition) is 1. The minimum Gasteiger partial charge on any atom is -0.322 e. The number of anilines is 1. The monoisotopic (exact) mass is 413 g/mol. The molecule has 1 N–H and O–H groups in total. The predicted molar refractivity (Wildman–Crippen MR) is 114 cm³/mol. The second-order valence-electron chi connectivity index (χ2n) is 7.84. The number of nitrogens with zero attached hydrogens (tertiary/aromatic N) is 2. The number of fused-ring (bicyclic) bond motifs is 1. The molecule has 2 aromatic carbocycles. The normalized spacial score (nSPS) is 18.2. The lowest BCUT2D eigenvalue weighted by atomic mass is 9.90. The van der Waals surface area contributed by atoms with E-state index >= 15 is 0 Å². The molecule has 0 aromatic heterocycles. The summed E-state index contributed by atoms with van der Waals surface area (Å²) in [6.07, 6.45) is 4.30. The second-order valence-corrected chi connectivity index (χ2v) is 9.78. The molecule has 1 aliphatic heterocycles. The van der Waals surface area contributed by atoms with Gasteiger partial charge >= 0.3 is 0 Å². The molecule has 0 bridgehead atoms. The summed E-state index contributed by atoms with van der Waals surface area (Å²) in [7, 11) is -1.62. The highest BCUT2D eigenvalue weighted by Gasteiger charge is 2.28. The van der Waals surface area contributed by atoms with Crippen LogP contribution in [0.2, 0.25) is 0 Å². The average Bonchev–Trinajstić information content (AvgIpc) is 2.74. The SMILES string of the molecule is CN1CCN(S(=O)(=O)c2cccc(C(=O)Nc3cccc4c3CCCC4)c2)CC1. The molecule has 4 rings (SSSR count). The van der Waals surface area contributed by atoms with Crippen LogP contribution in [0.25, 0.3) is 0 Å². The first kappa shape index (κ1) is 20.1. The van der Waals surface area contributed by atoms with Crippen LogP contribution in [0.4, 0.5) is 5.69 Å². The molecule has 7 heteroatoms. The van der Waals surface area contributed by atoms with Crippen LogP contribution in [0.3, 0.4) is 0 Å². The third-order valence-corrected chi connectivity index (χ3v) is 7.74. The number of nitrogens with one attached hydrogen (secondary N) is 1. The molecular formula is C22H27N3O3S. The third-order valence-electron chi connectivity index (χ3n) is 5.84. The lowest BCUT2D eigenvalue weighted by molar-refractivity contribution is 0.102. The van der Waals surface area contributed by atoms with Crippen molar-refractivity contribution in [1.82, 2.24) is 9.21 Å². The molecule has 1 heterocycles. The van der Waals surface area contributed by atoms with Crippen LogP contribution in [0, 0.1) is 0 Å². The number of likely N-dealkylation sites (N-methyl/N-ethyl adjacent to an activating group) is 1. The Morgan fingerprint density at radius 3 is 2.48 bits per heavy atom. The third kappa shape index (κ3) is 4.22. The smallest absolute Gasteiger partial charge is 0.255 e. The molecule has 0 atom stereocenters. The number of aryl methyl sites for hydroxylation is 1. The number of rotatable bonds is 4. The summed E-state index contributed by atoms with van der Waals surface area (Å²) in [6, 6.07) is 12.4. The molecule has 29 heavy (non-hydrogen) atoms. The molecule has 2 aliphatic rings. The molecule has 0 saturated carbocycles. The lowest BCUT2D eigenvalue weighted by Gasteiger charge is -2.31. The Labute approximate surface area is 172 Å². The van der Waals surface area contributed by atoms with Gasteiger partial charge in [0.1, 0.15) is 0 Å². The highest BCUT2D eigenvalue weighted by molar-refractivity contribution is 7.89. The molecule has 1 aliphatic carbocycles. The fraction of sp³-hybridized carbons (Fsp3) is 0.409. The van der Waals surface area contributed by atoms with E-state index in [9.17, 15) is 13.2 Å². The molecule has 0 unspecified atom stereocenters. The minimum atomic E-state index is -3.60. The maximum Gasteiger partial charge on any atom is 0.255 e. The summed E-state index contributed by atoms with van der Waals surface area (Å²) < 4.78 is 27.5. The first-order valence-corrected chi connectivity index (χ1v) is 11.6. The number of carbonyl (C=O) groups excluding carboxylic acids is 1. The van der Waals surface area contributed by atoms with Crippen molar-refractivity contribution in [2.75, 3.05) is 38.5 Å². The van der Waals surface area contributed by atoms with E-state index in [1.54, 1.807) is 18.2 Å². The van der Waals surface area contributed by atoms with Crippen molar-refractivity contribution in [2.45, 2.75) is 30.6 Å². The van der Waals surface area contributed by atoms with Gasteiger partial charge in [0, 0.05) is 37.4 Å². The molecule has 1 amide bonds. The van der Waals surface area contributed by atoms with E-state index in [0.29, 0.717) is 31.7 Å². The number of benzene rings is 2. The van der Waals surface area contributed by atoms with E-state index in [0.717, 1.165) is 24.9 Å². The van der Waals surface area contributed by atoms with Gasteiger partial charge in [-0.2, -0.15) is 4.31 Å². The van der Waals surface area contributed by atoms with Crippen molar-refractivity contribution in [3.05, 3.63) is 59.2 Å². The van der Waals surface area contributed by atoms with E-state index in [4.69, 9.17) is 0 Å². The van der Waals surface area contributed by atoms with Crippen LogP contribution in [0.15, 0.2) is 47.4 Å². The van der Waals surface area contributed by atoms with Gasteiger partial charge in [0.25, 0.3) is 5.91 Å². The summed E-state index contributed by atoms with van der Waals surface area (Å²) in [5.41, 5.74) is 3.68. The number of amides is 1. The topological polar surface area (TPSA) is 69.7 Å². The van der Waals surface area contributed by atoms with E-state index in [1.165, 1.54) is 27.9 Å². The predicted octanol–water partition coefficient (Wildman–Crippen LogP) is 2.75. The molecule has 2 aromatic rings. The van der Waals surface area contributed by atoms with Crippen LogP contribution >= 0.6 is 0 Å². The van der Waals surface area contributed by atoms with Crippen molar-refractivity contribution < 1.29 is 13.2 Å². The van der Waals surface area contributed by atoms with E-state index < -0.39 is 10.0 Å². The van der Waals surface area contributed by atoms with Gasteiger partial charge < -0.3 is 10.2 Å². The molecular weight excluding hydrogens is 386 g/mol. The van der Waals surface area contributed by atoms with Gasteiger partial charge in [-0.1, -0.05) is 18.2 Å². The maximum absolute atomic E-state index is 13.0. The Morgan fingerprint density at radius 1 is 0.966 bits per heavy atom. The zero-order chi connectivity index (χ0) is 20.4. The van der Waals surface area contributed by atoms with Crippen molar-refractivity contribution in [1.29, 1.82) is 0 Å². The van der Waals surface area contributed by atoms with Crippen LogP contribution in [0.5, 0.6) is 0 Å². The molecule has 154 valence electrons. The van der Waals surface area contributed by atoms with Gasteiger partial charge in [0.05, 0.1) is 4.90 Å². The van der Waals surface area contributed by atoms with Gasteiger partial charge in [0.2, 0.25) is 10.0 Å². The van der Waals surface area contributed by atoms with Gasteiger partial charge in [-0.3, -0.25) is 4.79 Å². The molecule has 0 radical (unpaired) electrons. The Balaban J connectivity index is 1.55. The van der Waals surface area contributed by atoms with Crippen LogP contribution in [-0.2, 0) is 22.9 Å². The first-order chi connectivity index (χ1) is 13.9. The number of hydrogen-bond acceptors (Lipinski definition) is 4. The van der Waals surface area contributed by atoms with E-state index in [2.05, 4.69) is 16.3 Å². The Hall–Kier alpha value is -2.22. The van der Waals surface area contributed by atoms with Crippen LogP contribution in [0.1, 0.15) is 34.3 Å². The fourth-order valence-electron chi connectivity index (χ4n) is 4.07. The molecule has 1 saturated heterocycles. The summed E-state index contributed by atoms with van der Waals surface area (Å²) >= 11 is 0. The standard InChI is InChI=1S/C22H27N3O3S/c1-24-12-14-25(15-13-24)29(27,28)19-9-4-8-18(16-19)22(26)23-21-11-5-7-17-6-2-3-10-20(17)21/h4-5,7-9,11,16H,2-3,6,10,12-15H2,1H3,(H,23,26). The van der Waals surface area contributed by atoms with Crippen molar-refractivity contribution in [2.24, 2.45) is 0 Å². The Morgan fingerprint density at radius 2 is 1.69 bits per heavy atom. The van der Waals surface area contributed by atoms with Crippen LogP contribution in [-0.4, -0.2) is 56.8 Å². The first-order valence-electron chi connectivity index (χ1n) is 10.2. The minimum absolute atomic E-state index is 0.171. The van der Waals surface area contributed by atoms with Crippen molar-refractivity contribution in [3.8, 4) is 0 Å². The summed E-state index contributed by atoms with van der Waals surface area (Å²) in [5, 5.41) is 3.00. The van der Waals surface area contributed by atoms with Crippen molar-refractivity contribution in [3.63, 3.8) is 0 Å². The highest BCUT2D eigenvalue weighted by Crippen LogP contribution is 2.28. The van der Waals surface area contributed by atoms with Gasteiger partial charge in [-0.25, -0.2) is 8.42 Å². The Bertz CT molecular complexity index is 1010. The largest absolute Gasteiger partial charge is 0.322 e. The summed E-state index contributed by atoms with van der Waals surface area (Å²) in [6.45, 7) is 2.34. The quantitative estimate of drug-likeness (QED) is 0.837. The van der Waals surface area contributed by atoms with Gasteiger partial charge in [-0.05, 0) is 68.1 Å². The number of sulfonamides is 1. The summed E-state index contributed by atoms with van der Waals surface area (Å²) in [4.78, 5) is 15.2. The molecule has 0 spiro atoms. The fourth-order valence-corrected chi connectivity index (χ4v) is 5.54. The Kier molecular flexibility index (Phi) is 5.72. The lowest BCUT2D eigenvalue weighted by Crippen LogP contribution is -2.47. The molecule has 1 fully saturated rings. The highest BCUT2D eigenvalue weighted by atomic mass is 32.2. The van der Waals surface area contributed by atoms with Gasteiger partial charge in [0.15, 0.2) is 0 Å². The van der Waals surface area contributed by atoms with Crippen LogP contribution < -0.4 is 5.32 Å².